The molecule has 0 atom stereocenters. The molecule has 13 heteroatoms. The number of amides is 2. The van der Waals surface area contributed by atoms with Crippen LogP contribution in [-0.4, -0.2) is 50.8 Å². The molecular formula is C37H48BF6N2O4. The summed E-state index contributed by atoms with van der Waals surface area (Å²) in [7, 11) is 0. The van der Waals surface area contributed by atoms with E-state index in [9.17, 15) is 41.0 Å². The molecule has 3 rings (SSSR count). The highest BCUT2D eigenvalue weighted by atomic mass is 19.4. The maximum Gasteiger partial charge on any atom is 0.471 e. The summed E-state index contributed by atoms with van der Waals surface area (Å²) in [5, 5.41) is 13.1. The van der Waals surface area contributed by atoms with Gasteiger partial charge in [0.2, 0.25) is 0 Å². The third-order valence-electron chi connectivity index (χ3n) is 7.15. The Morgan fingerprint density at radius 3 is 1.90 bits per heavy atom. The normalized spacial score (nSPS) is 11.5. The van der Waals surface area contributed by atoms with Gasteiger partial charge in [-0.25, -0.2) is 0 Å². The molecule has 0 heterocycles. The predicted octanol–water partition coefficient (Wildman–Crippen LogP) is 8.80. The molecule has 3 N–H and O–H groups in total. The first-order valence-corrected chi connectivity index (χ1v) is 14.8. The molecule has 0 aliphatic carbocycles. The zero-order chi connectivity index (χ0) is 35.3. The fourth-order valence-electron chi connectivity index (χ4n) is 4.33. The highest BCUT2D eigenvalue weighted by molar-refractivity contribution is 5.82. The second kappa shape index (κ2) is 20.9. The number of hydrogen-bond acceptors (Lipinski definition) is 4. The first-order chi connectivity index (χ1) is 21.8. The minimum Gasteiger partial charge on any atom is -0.508 e. The van der Waals surface area contributed by atoms with Crippen LogP contribution in [0.15, 0.2) is 91.0 Å². The van der Waals surface area contributed by atoms with Gasteiger partial charge in [0.25, 0.3) is 0 Å². The Morgan fingerprint density at radius 2 is 1.32 bits per heavy atom. The number of carbonyl (C=O) groups excluding carboxylic acids is 2. The van der Waals surface area contributed by atoms with Crippen LogP contribution in [0.2, 0.25) is 0 Å². The topological polar surface area (TPSA) is 87.7 Å². The Bertz CT molecular complexity index is 1480. The monoisotopic (exact) mass is 709 g/mol. The maximum absolute atomic E-state index is 12.2. The summed E-state index contributed by atoms with van der Waals surface area (Å²) in [6.07, 6.45) is -5.41. The first-order valence-electron chi connectivity index (χ1n) is 14.8. The van der Waals surface area contributed by atoms with Crippen LogP contribution < -0.4 is 15.4 Å². The Morgan fingerprint density at radius 1 is 0.760 bits per heavy atom. The van der Waals surface area contributed by atoms with E-state index in [-0.39, 0.29) is 47.5 Å². The van der Waals surface area contributed by atoms with Crippen LogP contribution in [-0.2, 0) is 27.0 Å². The van der Waals surface area contributed by atoms with Crippen molar-refractivity contribution in [2.75, 3.05) is 13.1 Å². The molecular weight excluding hydrogens is 661 g/mol. The molecule has 0 aliphatic heterocycles. The van der Waals surface area contributed by atoms with Gasteiger partial charge in [-0.3, -0.25) is 9.59 Å². The number of aromatic hydroxyl groups is 1. The van der Waals surface area contributed by atoms with Gasteiger partial charge in [-0.15, -0.1) is 0 Å². The number of phenols is 1. The van der Waals surface area contributed by atoms with Gasteiger partial charge in [0.05, 0.1) is 0 Å². The number of benzene rings is 3. The zero-order valence-corrected chi connectivity index (χ0v) is 27.2. The molecule has 0 unspecified atom stereocenters. The van der Waals surface area contributed by atoms with E-state index in [2.05, 4.69) is 0 Å². The number of allylic oxidation sites excluding steroid dienone is 1. The van der Waals surface area contributed by atoms with Gasteiger partial charge >= 0.3 is 24.2 Å². The van der Waals surface area contributed by atoms with Crippen LogP contribution in [0, 0.1) is 0 Å². The number of ether oxygens (including phenoxy) is 1. The van der Waals surface area contributed by atoms with E-state index in [1.54, 1.807) is 24.3 Å². The number of hydrogen-bond donors (Lipinski definition) is 3. The van der Waals surface area contributed by atoms with Crippen LogP contribution in [0.1, 0.15) is 72.1 Å². The SMILES string of the molecule is C.C.CC(C)(/C=C/CNC(=O)C(F)(F)F)c1cccc(OCc2ccccc2)c1.CC(C)(CCCNC(=O)C(F)(F)F)c1cccc(O)c1.[B]. The van der Waals surface area contributed by atoms with E-state index in [1.807, 2.05) is 99.0 Å². The lowest BCUT2D eigenvalue weighted by molar-refractivity contribution is -0.173. The van der Waals surface area contributed by atoms with Crippen molar-refractivity contribution in [1.82, 2.24) is 10.6 Å². The van der Waals surface area contributed by atoms with Gasteiger partial charge in [0.15, 0.2) is 0 Å². The molecule has 0 aromatic heterocycles. The van der Waals surface area contributed by atoms with Crippen molar-refractivity contribution >= 4 is 20.2 Å². The fraction of sp³-hybridized carbons (Fsp3) is 0.405. The fourth-order valence-corrected chi connectivity index (χ4v) is 4.33. The Labute approximate surface area is 293 Å². The van der Waals surface area contributed by atoms with Crippen molar-refractivity contribution in [1.29, 1.82) is 0 Å². The molecule has 0 aliphatic rings. The Balaban J connectivity index is 0. The van der Waals surface area contributed by atoms with Gasteiger partial charge in [-0.2, -0.15) is 26.3 Å². The average molecular weight is 710 g/mol. The summed E-state index contributed by atoms with van der Waals surface area (Å²) < 4.78 is 78.3. The molecule has 275 valence electrons. The first kappa shape index (κ1) is 47.7. The van der Waals surface area contributed by atoms with Gasteiger partial charge < -0.3 is 20.5 Å². The van der Waals surface area contributed by atoms with Gasteiger partial charge in [-0.05, 0) is 59.2 Å². The van der Waals surface area contributed by atoms with Crippen LogP contribution in [0.3, 0.4) is 0 Å². The van der Waals surface area contributed by atoms with Gasteiger partial charge in [-0.1, -0.05) is 109 Å². The molecule has 50 heavy (non-hydrogen) atoms. The number of rotatable bonds is 12. The summed E-state index contributed by atoms with van der Waals surface area (Å²) in [5.41, 5.74) is 2.19. The molecule has 0 fully saturated rings. The van der Waals surface area contributed by atoms with E-state index >= 15 is 0 Å². The predicted molar refractivity (Wildman–Crippen MR) is 187 cm³/mol. The molecule has 0 bridgehead atoms. The number of phenolic OH excluding ortho intramolecular Hbond substituents is 1. The minimum absolute atomic E-state index is 0. The molecule has 3 radical (unpaired) electrons. The van der Waals surface area contributed by atoms with Crippen molar-refractivity contribution in [3.05, 3.63) is 108 Å². The number of halogens is 6. The second-order valence-corrected chi connectivity index (χ2v) is 11.9. The summed E-state index contributed by atoms with van der Waals surface area (Å²) in [4.78, 5) is 21.4. The lowest BCUT2D eigenvalue weighted by atomic mass is 9.80. The molecule has 0 saturated carbocycles. The highest BCUT2D eigenvalue weighted by Gasteiger charge is 2.38. The minimum atomic E-state index is -4.87. The Kier molecular flexibility index (Phi) is 20.0. The van der Waals surface area contributed by atoms with Crippen molar-refractivity contribution in [3.63, 3.8) is 0 Å². The quantitative estimate of drug-likeness (QED) is 0.0760. The molecule has 2 amide bonds. The smallest absolute Gasteiger partial charge is 0.471 e. The number of nitrogens with one attached hydrogen (secondary N) is 2. The van der Waals surface area contributed by atoms with Gasteiger partial charge in [0, 0.05) is 26.9 Å². The molecule has 0 spiro atoms. The average Bonchev–Trinajstić information content (AvgIpc) is 3.00. The van der Waals surface area contributed by atoms with E-state index in [0.717, 1.165) is 16.7 Å². The van der Waals surface area contributed by atoms with Crippen LogP contribution in [0.5, 0.6) is 11.5 Å². The van der Waals surface area contributed by atoms with E-state index in [1.165, 1.54) is 6.08 Å². The lowest BCUT2D eigenvalue weighted by Gasteiger charge is -2.25. The highest BCUT2D eigenvalue weighted by Crippen LogP contribution is 2.30. The van der Waals surface area contributed by atoms with Gasteiger partial charge in [0.1, 0.15) is 18.1 Å². The third-order valence-corrected chi connectivity index (χ3v) is 7.15. The van der Waals surface area contributed by atoms with E-state index in [0.29, 0.717) is 25.2 Å². The molecule has 6 nitrogen and oxygen atoms in total. The summed E-state index contributed by atoms with van der Waals surface area (Å²) in [5.74, 6) is -2.99. The lowest BCUT2D eigenvalue weighted by Crippen LogP contribution is -2.37. The third kappa shape index (κ3) is 16.8. The van der Waals surface area contributed by atoms with Crippen molar-refractivity contribution in [2.45, 2.75) is 85.2 Å². The molecule has 0 saturated heterocycles. The van der Waals surface area contributed by atoms with E-state index in [4.69, 9.17) is 4.74 Å². The number of carbonyl (C=O) groups is 2. The van der Waals surface area contributed by atoms with Crippen LogP contribution in [0.4, 0.5) is 26.3 Å². The zero-order valence-electron chi connectivity index (χ0n) is 27.2. The Hall–Kier alpha value is -4.42. The summed E-state index contributed by atoms with van der Waals surface area (Å²) in [6, 6.07) is 24.1. The van der Waals surface area contributed by atoms with Crippen LogP contribution in [0.25, 0.3) is 0 Å². The molecule has 3 aromatic carbocycles. The van der Waals surface area contributed by atoms with Crippen molar-refractivity contribution in [2.24, 2.45) is 0 Å². The van der Waals surface area contributed by atoms with Crippen LogP contribution >= 0.6 is 0 Å². The van der Waals surface area contributed by atoms with E-state index < -0.39 is 29.6 Å². The maximum atomic E-state index is 12.2. The largest absolute Gasteiger partial charge is 0.508 e. The standard InChI is InChI=1S/C21H22F3NO2.C14H18F3NO2.2CH4.B/c1-20(2,12-7-13-25-19(26)21(22,23)24)17-10-6-11-18(14-17)27-15-16-8-4-3-5-9-16;1-13(2,10-5-3-6-11(19)9-10)7-4-8-18-12(20)14(15,16)17;;;/h3-12,14H,13,15H2,1-2H3,(H,25,26);3,5-6,9,19H,4,7-8H2,1-2H3,(H,18,20);2*1H4;/b12-7+;;;;. The van der Waals surface area contributed by atoms with Crippen molar-refractivity contribution in [3.8, 4) is 11.5 Å². The summed E-state index contributed by atoms with van der Waals surface area (Å²) >= 11 is 0. The van der Waals surface area contributed by atoms with Crippen molar-refractivity contribution < 1.29 is 45.8 Å². The number of alkyl halides is 6. The summed E-state index contributed by atoms with van der Waals surface area (Å²) in [6.45, 7) is 7.98. The second-order valence-electron chi connectivity index (χ2n) is 11.9. The molecule has 3 aromatic rings.